The van der Waals surface area contributed by atoms with E-state index in [4.69, 9.17) is 5.11 Å². The number of aromatic carboxylic acids is 1. The predicted octanol–water partition coefficient (Wildman–Crippen LogP) is 3.02. The van der Waals surface area contributed by atoms with E-state index >= 15 is 0 Å². The van der Waals surface area contributed by atoms with Crippen molar-refractivity contribution in [3.05, 3.63) is 29.3 Å². The highest BCUT2D eigenvalue weighted by Gasteiger charge is 2.31. The van der Waals surface area contributed by atoms with Crippen molar-refractivity contribution in [3.8, 4) is 0 Å². The maximum atomic E-state index is 13.8. The lowest BCUT2D eigenvalue weighted by Crippen LogP contribution is -2.36. The number of carboxylic acids is 1. The molecule has 21 heavy (non-hydrogen) atoms. The molecule has 1 saturated carbocycles. The normalized spacial score (nSPS) is 17.5. The molecule has 0 saturated heterocycles. The number of carboxylic acid groups (broad SMARTS) is 1. The summed E-state index contributed by atoms with van der Waals surface area (Å²) in [6.07, 6.45) is 4.72. The van der Waals surface area contributed by atoms with Gasteiger partial charge in [0.1, 0.15) is 17.3 Å². The molecule has 0 amide bonds. The van der Waals surface area contributed by atoms with E-state index in [-0.39, 0.29) is 24.3 Å². The highest BCUT2D eigenvalue weighted by atomic mass is 19.1. The third kappa shape index (κ3) is 3.50. The Hall–Kier alpha value is -1.69. The first-order valence-electron chi connectivity index (χ1n) is 7.04. The molecule has 2 rings (SSSR count). The maximum Gasteiger partial charge on any atom is 0.335 e. The number of aliphatic hydroxyl groups is 1. The van der Waals surface area contributed by atoms with E-state index in [0.717, 1.165) is 44.2 Å². The number of hydrogen-bond acceptors (Lipinski definition) is 3. The SMILES string of the molecule is O=C(O)c1cc(F)c(NCC2(CO)CCCCC2)c(F)c1. The summed E-state index contributed by atoms with van der Waals surface area (Å²) in [5, 5.41) is 21.0. The van der Waals surface area contributed by atoms with Gasteiger partial charge in [-0.05, 0) is 25.0 Å². The molecule has 0 heterocycles. The Bertz CT molecular complexity index is 505. The van der Waals surface area contributed by atoms with Gasteiger partial charge < -0.3 is 15.5 Å². The van der Waals surface area contributed by atoms with Gasteiger partial charge in [0.2, 0.25) is 0 Å². The molecule has 1 aliphatic rings. The molecular formula is C15H19F2NO3. The van der Waals surface area contributed by atoms with Crippen LogP contribution in [0, 0.1) is 17.0 Å². The summed E-state index contributed by atoms with van der Waals surface area (Å²) in [5.74, 6) is -3.24. The second kappa shape index (κ2) is 6.39. The van der Waals surface area contributed by atoms with Gasteiger partial charge in [-0.3, -0.25) is 0 Å². The van der Waals surface area contributed by atoms with E-state index in [2.05, 4.69) is 5.32 Å². The molecule has 0 aliphatic heterocycles. The number of rotatable bonds is 5. The van der Waals surface area contributed by atoms with Crippen molar-refractivity contribution in [1.29, 1.82) is 0 Å². The maximum absolute atomic E-state index is 13.8. The van der Waals surface area contributed by atoms with Gasteiger partial charge in [0.15, 0.2) is 0 Å². The van der Waals surface area contributed by atoms with Crippen molar-refractivity contribution in [2.75, 3.05) is 18.5 Å². The summed E-state index contributed by atoms with van der Waals surface area (Å²) >= 11 is 0. The lowest BCUT2D eigenvalue weighted by molar-refractivity contribution is 0.0696. The first-order chi connectivity index (χ1) is 9.97. The van der Waals surface area contributed by atoms with Crippen LogP contribution in [-0.2, 0) is 0 Å². The van der Waals surface area contributed by atoms with Crippen LogP contribution in [0.25, 0.3) is 0 Å². The number of halogens is 2. The molecule has 3 N–H and O–H groups in total. The molecule has 0 unspecified atom stereocenters. The summed E-state index contributed by atoms with van der Waals surface area (Å²) < 4.78 is 27.7. The minimum absolute atomic E-state index is 0.0313. The van der Waals surface area contributed by atoms with Crippen molar-refractivity contribution in [3.63, 3.8) is 0 Å². The molecule has 4 nitrogen and oxygen atoms in total. The van der Waals surface area contributed by atoms with Crippen LogP contribution in [0.3, 0.4) is 0 Å². The molecule has 0 bridgehead atoms. The van der Waals surface area contributed by atoms with Crippen LogP contribution < -0.4 is 5.32 Å². The highest BCUT2D eigenvalue weighted by molar-refractivity contribution is 5.88. The van der Waals surface area contributed by atoms with Crippen molar-refractivity contribution >= 4 is 11.7 Å². The summed E-state index contributed by atoms with van der Waals surface area (Å²) in [5.41, 5.74) is -1.12. The van der Waals surface area contributed by atoms with Crippen molar-refractivity contribution in [2.24, 2.45) is 5.41 Å². The predicted molar refractivity (Wildman–Crippen MR) is 74.4 cm³/mol. The van der Waals surface area contributed by atoms with E-state index < -0.39 is 23.2 Å². The van der Waals surface area contributed by atoms with E-state index in [1.807, 2.05) is 0 Å². The van der Waals surface area contributed by atoms with Gasteiger partial charge in [0.25, 0.3) is 0 Å². The molecule has 1 aromatic rings. The van der Waals surface area contributed by atoms with Crippen molar-refractivity contribution < 1.29 is 23.8 Å². The second-order valence-electron chi connectivity index (χ2n) is 5.69. The molecule has 1 aromatic carbocycles. The molecule has 0 spiro atoms. The molecule has 6 heteroatoms. The first-order valence-corrected chi connectivity index (χ1v) is 7.04. The summed E-state index contributed by atoms with van der Waals surface area (Å²) in [7, 11) is 0. The largest absolute Gasteiger partial charge is 0.478 e. The molecule has 116 valence electrons. The van der Waals surface area contributed by atoms with Crippen LogP contribution in [0.2, 0.25) is 0 Å². The van der Waals surface area contributed by atoms with Crippen LogP contribution in [0.5, 0.6) is 0 Å². The van der Waals surface area contributed by atoms with Crippen LogP contribution in [-0.4, -0.2) is 29.3 Å². The van der Waals surface area contributed by atoms with Gasteiger partial charge in [-0.15, -0.1) is 0 Å². The van der Waals surface area contributed by atoms with Gasteiger partial charge in [-0.1, -0.05) is 19.3 Å². The Kier molecular flexibility index (Phi) is 4.77. The fourth-order valence-corrected chi connectivity index (χ4v) is 2.83. The average Bonchev–Trinajstić information content (AvgIpc) is 2.47. The average molecular weight is 299 g/mol. The second-order valence-corrected chi connectivity index (χ2v) is 5.69. The number of benzene rings is 1. The summed E-state index contributed by atoms with van der Waals surface area (Å²) in [6.45, 7) is 0.236. The fourth-order valence-electron chi connectivity index (χ4n) is 2.83. The van der Waals surface area contributed by atoms with Crippen LogP contribution in [0.4, 0.5) is 14.5 Å². The zero-order valence-corrected chi connectivity index (χ0v) is 11.7. The molecule has 0 radical (unpaired) electrons. The standard InChI is InChI=1S/C15H19F2NO3/c16-11-6-10(14(20)21)7-12(17)13(11)18-8-15(9-19)4-2-1-3-5-15/h6-7,18-19H,1-5,8-9H2,(H,20,21). The Morgan fingerprint density at radius 3 is 2.24 bits per heavy atom. The molecule has 0 aromatic heterocycles. The van der Waals surface area contributed by atoms with Gasteiger partial charge in [0, 0.05) is 12.0 Å². The smallest absolute Gasteiger partial charge is 0.335 e. The minimum Gasteiger partial charge on any atom is -0.478 e. The number of hydrogen-bond donors (Lipinski definition) is 3. The van der Waals surface area contributed by atoms with Crippen LogP contribution in [0.1, 0.15) is 42.5 Å². The number of anilines is 1. The number of nitrogens with one attached hydrogen (secondary N) is 1. The van der Waals surface area contributed by atoms with Gasteiger partial charge in [0.05, 0.1) is 12.2 Å². The quantitative estimate of drug-likeness (QED) is 0.781. The lowest BCUT2D eigenvalue weighted by Gasteiger charge is -2.36. The molecular weight excluding hydrogens is 280 g/mol. The van der Waals surface area contributed by atoms with Gasteiger partial charge in [-0.2, -0.15) is 0 Å². The monoisotopic (exact) mass is 299 g/mol. The Morgan fingerprint density at radius 2 is 1.76 bits per heavy atom. The van der Waals surface area contributed by atoms with E-state index in [9.17, 15) is 18.7 Å². The zero-order valence-electron chi connectivity index (χ0n) is 11.7. The van der Waals surface area contributed by atoms with Gasteiger partial charge >= 0.3 is 5.97 Å². The van der Waals surface area contributed by atoms with E-state index in [1.165, 1.54) is 0 Å². The zero-order chi connectivity index (χ0) is 15.5. The van der Waals surface area contributed by atoms with E-state index in [0.29, 0.717) is 0 Å². The van der Waals surface area contributed by atoms with Crippen molar-refractivity contribution in [1.82, 2.24) is 0 Å². The van der Waals surface area contributed by atoms with Gasteiger partial charge in [-0.25, -0.2) is 13.6 Å². The van der Waals surface area contributed by atoms with Crippen LogP contribution in [0.15, 0.2) is 12.1 Å². The highest BCUT2D eigenvalue weighted by Crippen LogP contribution is 2.36. The van der Waals surface area contributed by atoms with Crippen molar-refractivity contribution in [2.45, 2.75) is 32.1 Å². The number of carbonyl (C=O) groups is 1. The molecule has 0 atom stereocenters. The summed E-state index contributed by atoms with van der Waals surface area (Å²) in [6, 6.07) is 1.58. The summed E-state index contributed by atoms with van der Waals surface area (Å²) in [4.78, 5) is 10.7. The Morgan fingerprint density at radius 1 is 1.19 bits per heavy atom. The fraction of sp³-hybridized carbons (Fsp3) is 0.533. The lowest BCUT2D eigenvalue weighted by atomic mass is 9.74. The van der Waals surface area contributed by atoms with E-state index in [1.54, 1.807) is 0 Å². The van der Waals surface area contributed by atoms with Crippen LogP contribution >= 0.6 is 0 Å². The third-order valence-electron chi connectivity index (χ3n) is 4.18. The first kappa shape index (κ1) is 15.7. The molecule has 1 fully saturated rings. The Balaban J connectivity index is 2.14. The third-order valence-corrected chi connectivity index (χ3v) is 4.18. The minimum atomic E-state index is -1.38. The topological polar surface area (TPSA) is 69.6 Å². The number of aliphatic hydroxyl groups excluding tert-OH is 1. The molecule has 1 aliphatic carbocycles. The Labute approximate surface area is 121 Å².